The fourth-order valence-corrected chi connectivity index (χ4v) is 4.10. The summed E-state index contributed by atoms with van der Waals surface area (Å²) in [6, 6.07) is 15.1. The number of carbonyl (C=O) groups is 1. The third-order valence-electron chi connectivity index (χ3n) is 6.50. The van der Waals surface area contributed by atoms with Crippen LogP contribution in [0.15, 0.2) is 48.5 Å². The molecular formula is C26H34FNO3. The average molecular weight is 428 g/mol. The Kier molecular flexibility index (Phi) is 8.08. The minimum Gasteiger partial charge on any atom is -0.493 e. The lowest BCUT2D eigenvalue weighted by atomic mass is 9.94. The molecule has 0 saturated carbocycles. The van der Waals surface area contributed by atoms with Crippen LogP contribution in [0.2, 0.25) is 0 Å². The van der Waals surface area contributed by atoms with E-state index in [9.17, 15) is 9.18 Å². The van der Waals surface area contributed by atoms with Gasteiger partial charge in [-0.25, -0.2) is 9.18 Å². The van der Waals surface area contributed by atoms with Crippen LogP contribution in [0.3, 0.4) is 0 Å². The first kappa shape index (κ1) is 23.3. The van der Waals surface area contributed by atoms with Gasteiger partial charge < -0.3 is 14.7 Å². The number of carboxylic acids is 1. The summed E-state index contributed by atoms with van der Waals surface area (Å²) < 4.78 is 20.6. The molecule has 0 atom stereocenters. The number of rotatable bonds is 10. The molecule has 3 rings (SSSR count). The zero-order chi connectivity index (χ0) is 22.3. The first-order valence-corrected chi connectivity index (χ1v) is 11.4. The summed E-state index contributed by atoms with van der Waals surface area (Å²) in [6.07, 6.45) is 4.01. The molecule has 2 aromatic carbocycles. The molecule has 1 heterocycles. The Morgan fingerprint density at radius 1 is 1.03 bits per heavy atom. The van der Waals surface area contributed by atoms with Gasteiger partial charge in [0.1, 0.15) is 11.4 Å². The van der Waals surface area contributed by atoms with Crippen molar-refractivity contribution in [2.45, 2.75) is 51.6 Å². The van der Waals surface area contributed by atoms with Gasteiger partial charge in [-0.3, -0.25) is 0 Å². The summed E-state index contributed by atoms with van der Waals surface area (Å²) in [5.74, 6) is 0.476. The quantitative estimate of drug-likeness (QED) is 0.537. The molecule has 4 nitrogen and oxygen atoms in total. The van der Waals surface area contributed by atoms with E-state index in [2.05, 4.69) is 17.0 Å². The van der Waals surface area contributed by atoms with Gasteiger partial charge in [0, 0.05) is 6.54 Å². The van der Waals surface area contributed by atoms with E-state index in [4.69, 9.17) is 9.84 Å². The molecule has 1 fully saturated rings. The standard InChI is InChI=1S/C26H34FNO3/c1-3-26(27,4-2)19-28-15-13-22(14-16-28)18-31-24-11-7-21(8-12-24)17-20-5-9-23(10-6-20)25(29)30/h5-12,22H,3-4,13-19H2,1-2H3,(H,29,30). The number of ether oxygens (including phenoxy) is 1. The van der Waals surface area contributed by atoms with Crippen molar-refractivity contribution in [3.8, 4) is 5.75 Å². The van der Waals surface area contributed by atoms with Crippen molar-refractivity contribution in [1.82, 2.24) is 4.90 Å². The number of carboxylic acid groups (broad SMARTS) is 1. The van der Waals surface area contributed by atoms with E-state index in [-0.39, 0.29) is 0 Å². The van der Waals surface area contributed by atoms with Gasteiger partial charge in [-0.15, -0.1) is 0 Å². The van der Waals surface area contributed by atoms with E-state index in [0.29, 0.717) is 37.5 Å². The molecular weight excluding hydrogens is 393 g/mol. The van der Waals surface area contributed by atoms with Gasteiger partial charge in [0.2, 0.25) is 0 Å². The zero-order valence-electron chi connectivity index (χ0n) is 18.6. The number of alkyl halides is 1. The van der Waals surface area contributed by atoms with Gasteiger partial charge in [-0.1, -0.05) is 38.1 Å². The smallest absolute Gasteiger partial charge is 0.335 e. The molecule has 0 unspecified atom stereocenters. The molecule has 1 saturated heterocycles. The summed E-state index contributed by atoms with van der Waals surface area (Å²) in [6.45, 7) is 7.01. The Balaban J connectivity index is 1.42. The molecule has 1 aliphatic heterocycles. The van der Waals surface area contributed by atoms with Gasteiger partial charge in [0.25, 0.3) is 0 Å². The predicted octanol–water partition coefficient (Wildman–Crippen LogP) is 5.59. The number of nitrogens with zero attached hydrogens (tertiary/aromatic N) is 1. The highest BCUT2D eigenvalue weighted by Gasteiger charge is 2.30. The third-order valence-corrected chi connectivity index (χ3v) is 6.50. The molecule has 0 amide bonds. The van der Waals surface area contributed by atoms with E-state index in [1.54, 1.807) is 12.1 Å². The van der Waals surface area contributed by atoms with Gasteiger partial charge in [-0.05, 0) is 86.5 Å². The fourth-order valence-electron chi connectivity index (χ4n) is 4.10. The minimum atomic E-state index is -1.05. The second-order valence-electron chi connectivity index (χ2n) is 8.71. The van der Waals surface area contributed by atoms with Gasteiger partial charge in [0.15, 0.2) is 0 Å². The third kappa shape index (κ3) is 6.79. The maximum atomic E-state index is 14.6. The molecule has 0 aliphatic carbocycles. The number of piperidine rings is 1. The molecule has 1 aliphatic rings. The highest BCUT2D eigenvalue weighted by Crippen LogP contribution is 2.26. The fraction of sp³-hybridized carbons (Fsp3) is 0.500. The van der Waals surface area contributed by atoms with Crippen molar-refractivity contribution in [2.75, 3.05) is 26.2 Å². The minimum absolute atomic E-state index is 0.304. The van der Waals surface area contributed by atoms with E-state index in [1.165, 1.54) is 0 Å². The second-order valence-corrected chi connectivity index (χ2v) is 8.71. The Labute approximate surface area is 185 Å². The monoisotopic (exact) mass is 427 g/mol. The summed E-state index contributed by atoms with van der Waals surface area (Å²) >= 11 is 0. The summed E-state index contributed by atoms with van der Waals surface area (Å²) in [7, 11) is 0. The highest BCUT2D eigenvalue weighted by atomic mass is 19.1. The zero-order valence-corrected chi connectivity index (χ0v) is 18.6. The molecule has 168 valence electrons. The van der Waals surface area contributed by atoms with Gasteiger partial charge in [0.05, 0.1) is 12.2 Å². The summed E-state index contributed by atoms with van der Waals surface area (Å²) in [5, 5.41) is 8.99. The number of aromatic carboxylic acids is 1. The molecule has 1 N–H and O–H groups in total. The number of halogens is 1. The Bertz CT molecular complexity index is 823. The number of benzene rings is 2. The second kappa shape index (κ2) is 10.8. The molecule has 0 spiro atoms. The van der Waals surface area contributed by atoms with Gasteiger partial charge in [-0.2, -0.15) is 0 Å². The Morgan fingerprint density at radius 3 is 2.10 bits per heavy atom. The molecule has 0 radical (unpaired) electrons. The molecule has 2 aromatic rings. The predicted molar refractivity (Wildman–Crippen MR) is 122 cm³/mol. The van der Waals surface area contributed by atoms with Crippen molar-refractivity contribution >= 4 is 5.97 Å². The summed E-state index contributed by atoms with van der Waals surface area (Å²) in [4.78, 5) is 13.2. The Morgan fingerprint density at radius 2 is 1.58 bits per heavy atom. The molecule has 31 heavy (non-hydrogen) atoms. The number of hydrogen-bond acceptors (Lipinski definition) is 3. The van der Waals surface area contributed by atoms with Crippen molar-refractivity contribution in [2.24, 2.45) is 5.92 Å². The van der Waals surface area contributed by atoms with Crippen LogP contribution in [-0.2, 0) is 6.42 Å². The van der Waals surface area contributed by atoms with Crippen LogP contribution in [-0.4, -0.2) is 47.9 Å². The number of likely N-dealkylation sites (tertiary alicyclic amines) is 1. The van der Waals surface area contributed by atoms with Crippen LogP contribution < -0.4 is 4.74 Å². The van der Waals surface area contributed by atoms with Crippen molar-refractivity contribution in [1.29, 1.82) is 0 Å². The lowest BCUT2D eigenvalue weighted by Crippen LogP contribution is -2.44. The molecule has 0 aromatic heterocycles. The first-order chi connectivity index (χ1) is 14.9. The number of hydrogen-bond donors (Lipinski definition) is 1. The van der Waals surface area contributed by atoms with Gasteiger partial charge >= 0.3 is 5.97 Å². The lowest BCUT2D eigenvalue weighted by Gasteiger charge is -2.36. The van der Waals surface area contributed by atoms with Crippen molar-refractivity contribution in [3.05, 3.63) is 65.2 Å². The topological polar surface area (TPSA) is 49.8 Å². The van der Waals surface area contributed by atoms with E-state index >= 15 is 0 Å². The first-order valence-electron chi connectivity index (χ1n) is 11.4. The van der Waals surface area contributed by atoms with Crippen LogP contribution in [0.1, 0.15) is 61.0 Å². The highest BCUT2D eigenvalue weighted by molar-refractivity contribution is 5.87. The molecule has 5 heteroatoms. The van der Waals surface area contributed by atoms with E-state index in [1.807, 2.05) is 38.1 Å². The van der Waals surface area contributed by atoms with Crippen LogP contribution in [0, 0.1) is 5.92 Å². The van der Waals surface area contributed by atoms with Crippen LogP contribution in [0.25, 0.3) is 0 Å². The average Bonchev–Trinajstić information content (AvgIpc) is 2.80. The van der Waals surface area contributed by atoms with E-state index < -0.39 is 11.6 Å². The van der Waals surface area contributed by atoms with E-state index in [0.717, 1.165) is 49.2 Å². The lowest BCUT2D eigenvalue weighted by molar-refractivity contribution is 0.0568. The summed E-state index contributed by atoms with van der Waals surface area (Å²) in [5.41, 5.74) is 1.49. The van der Waals surface area contributed by atoms with Crippen molar-refractivity contribution < 1.29 is 19.0 Å². The SMILES string of the molecule is CCC(F)(CC)CN1CCC(COc2ccc(Cc3ccc(C(=O)O)cc3)cc2)CC1. The normalized spacial score (nSPS) is 15.7. The van der Waals surface area contributed by atoms with Crippen molar-refractivity contribution in [3.63, 3.8) is 0 Å². The maximum absolute atomic E-state index is 14.6. The molecule has 0 bridgehead atoms. The van der Waals surface area contributed by atoms with Crippen LogP contribution in [0.5, 0.6) is 5.75 Å². The maximum Gasteiger partial charge on any atom is 0.335 e. The largest absolute Gasteiger partial charge is 0.493 e. The van der Waals surface area contributed by atoms with Crippen LogP contribution >= 0.6 is 0 Å². The van der Waals surface area contributed by atoms with Crippen LogP contribution in [0.4, 0.5) is 4.39 Å². The Hall–Kier alpha value is -2.40.